The first kappa shape index (κ1) is 17.1. The molecular weight excluding hydrogens is 399 g/mol. The van der Waals surface area contributed by atoms with E-state index in [0.717, 1.165) is 6.07 Å². The average molecular weight is 425 g/mol. The molecule has 2 atom stereocenters. The molecule has 0 aliphatic carbocycles. The number of carbonyl (C=O) groups excluding carboxylic acids is 1. The maximum Gasteiger partial charge on any atom is 0.258 e. The van der Waals surface area contributed by atoms with Gasteiger partial charge in [-0.2, -0.15) is 0 Å². The number of aliphatic hydroxyl groups is 1. The number of carbonyl (C=O) groups is 1. The van der Waals surface area contributed by atoms with Crippen molar-refractivity contribution in [2.75, 3.05) is 5.73 Å². The molecule has 1 aromatic carbocycles. The first-order valence-corrected chi connectivity index (χ1v) is 9.54. The smallest absolute Gasteiger partial charge is 0.258 e. The Labute approximate surface area is 182 Å². The van der Waals surface area contributed by atoms with E-state index in [4.69, 9.17) is 9.85 Å². The lowest BCUT2D eigenvalue weighted by Crippen LogP contribution is -2.39. The number of nitrogens with two attached hydrogens (primary N) is 1. The van der Waals surface area contributed by atoms with Crippen LogP contribution in [0.4, 0.5) is 10.2 Å². The highest BCUT2D eigenvalue weighted by Gasteiger charge is 2.34. The van der Waals surface area contributed by atoms with Crippen LogP contribution in [0.15, 0.2) is 47.7 Å². The van der Waals surface area contributed by atoms with Gasteiger partial charge in [-0.05, 0) is 38.4 Å². The van der Waals surface area contributed by atoms with Crippen molar-refractivity contribution in [1.29, 1.82) is 0 Å². The Morgan fingerprint density at radius 1 is 1.45 bits per heavy atom. The van der Waals surface area contributed by atoms with E-state index in [-0.39, 0.29) is 29.5 Å². The number of aromatic nitrogens is 3. The molecule has 1 aliphatic rings. The van der Waals surface area contributed by atoms with Crippen molar-refractivity contribution in [1.82, 2.24) is 19.7 Å². The molecule has 8 nitrogen and oxygen atoms in total. The molecule has 9 heteroatoms. The summed E-state index contributed by atoms with van der Waals surface area (Å²) in [6.45, 7) is 1.000. The van der Waals surface area contributed by atoms with Gasteiger partial charge in [0, 0.05) is 28.3 Å². The Balaban J connectivity index is 1.67. The van der Waals surface area contributed by atoms with E-state index in [1.807, 2.05) is 0 Å². The highest BCUT2D eigenvalue weighted by atomic mass is 19.1. The van der Waals surface area contributed by atoms with Crippen LogP contribution in [0.1, 0.15) is 46.3 Å². The van der Waals surface area contributed by atoms with Crippen molar-refractivity contribution in [2.45, 2.75) is 38.6 Å². The van der Waals surface area contributed by atoms with E-state index in [1.54, 1.807) is 26.1 Å². The first-order chi connectivity index (χ1) is 15.9. The number of nitrogen functional groups attached to an aromatic ring is 1. The third-order valence-electron chi connectivity index (χ3n) is 5.20. The molecule has 0 saturated carbocycles. The van der Waals surface area contributed by atoms with Gasteiger partial charge in [0.25, 0.3) is 5.91 Å². The van der Waals surface area contributed by atoms with E-state index in [2.05, 4.69) is 20.3 Å². The topological polar surface area (TPSA) is 118 Å². The molecule has 2 aromatic heterocycles. The Kier molecular flexibility index (Phi) is 4.19. The van der Waals surface area contributed by atoms with Gasteiger partial charge in [-0.3, -0.25) is 9.20 Å². The average Bonchev–Trinajstić information content (AvgIpc) is 3.14. The molecule has 0 saturated heterocycles. The fourth-order valence-corrected chi connectivity index (χ4v) is 3.68. The van der Waals surface area contributed by atoms with Crippen LogP contribution in [0.25, 0.3) is 5.52 Å². The van der Waals surface area contributed by atoms with Crippen molar-refractivity contribution < 1.29 is 18.4 Å². The summed E-state index contributed by atoms with van der Waals surface area (Å²) in [4.78, 5) is 25.5. The minimum absolute atomic E-state index is 0.101. The minimum Gasteiger partial charge on any atom is -0.382 e. The van der Waals surface area contributed by atoms with Crippen LogP contribution in [-0.2, 0) is 10.2 Å². The van der Waals surface area contributed by atoms with Gasteiger partial charge in [-0.1, -0.05) is 18.2 Å². The van der Waals surface area contributed by atoms with Gasteiger partial charge < -0.3 is 16.2 Å². The lowest BCUT2D eigenvalue weighted by atomic mass is 9.81. The molecule has 160 valence electrons. The molecule has 1 amide bonds. The van der Waals surface area contributed by atoms with Gasteiger partial charge in [-0.25, -0.2) is 19.4 Å². The molecule has 0 radical (unpaired) electrons. The van der Waals surface area contributed by atoms with E-state index in [1.165, 1.54) is 28.8 Å². The molecule has 1 unspecified atom stereocenters. The molecule has 1 aliphatic heterocycles. The molecule has 4 N–H and O–H groups in total. The molecule has 0 bridgehead atoms. The summed E-state index contributed by atoms with van der Waals surface area (Å²) in [5.74, 6) is -1.16. The van der Waals surface area contributed by atoms with E-state index in [9.17, 15) is 14.3 Å². The van der Waals surface area contributed by atoms with Crippen LogP contribution < -0.4 is 11.1 Å². The number of allylic oxidation sites excluding steroid dienone is 1. The van der Waals surface area contributed by atoms with Crippen molar-refractivity contribution >= 4 is 23.1 Å². The van der Waals surface area contributed by atoms with Gasteiger partial charge in [-0.15, -0.1) is 0 Å². The van der Waals surface area contributed by atoms with Crippen molar-refractivity contribution in [3.8, 4) is 0 Å². The number of amides is 1. The summed E-state index contributed by atoms with van der Waals surface area (Å²) < 4.78 is 38.6. The van der Waals surface area contributed by atoms with Crippen LogP contribution in [0.5, 0.6) is 0 Å². The number of benzene rings is 1. The zero-order valence-electron chi connectivity index (χ0n) is 19.9. The number of aryl methyl sites for hydroxylation is 2. The lowest BCUT2D eigenvalue weighted by molar-refractivity contribution is -0.128. The number of hydrogen-bond donors (Lipinski definition) is 3. The second-order valence-electron chi connectivity index (χ2n) is 7.70. The maximum atomic E-state index is 13.5. The maximum absolute atomic E-state index is 13.5. The standard InChI is InChI=1S/C22H23FN6O2/c1-12-11-29-13(2)27-19(17(29)20(24)26-12)22(3)7-8-25-16(10-22)28-21(31)18(30)14-5-4-6-15(23)9-14/h4-9,11,18,30H,10H2,1-3H3,(H2,24,26)(H,25,28,31)/t18-,22?/m1/s1/i2D3. The highest BCUT2D eigenvalue weighted by molar-refractivity contribution is 6.01. The van der Waals surface area contributed by atoms with E-state index >= 15 is 0 Å². The van der Waals surface area contributed by atoms with Crippen LogP contribution in [0, 0.1) is 19.6 Å². The molecule has 3 heterocycles. The fourth-order valence-electron chi connectivity index (χ4n) is 3.68. The number of amidine groups is 1. The van der Waals surface area contributed by atoms with Crippen LogP contribution in [0.3, 0.4) is 0 Å². The van der Waals surface area contributed by atoms with Crippen LogP contribution in [-0.4, -0.2) is 31.2 Å². The number of rotatable bonds is 3. The number of imidazole rings is 1. The molecule has 0 spiro atoms. The first-order valence-electron chi connectivity index (χ1n) is 11.0. The summed E-state index contributed by atoms with van der Waals surface area (Å²) in [5.41, 5.74) is 6.63. The number of fused-ring (bicyclic) bond motifs is 1. The zero-order valence-corrected chi connectivity index (χ0v) is 16.9. The SMILES string of the molecule is [2H]C([2H])([2H])c1nc(C2(C)C=CN=C(NC(=O)[C@H](O)c3cccc(F)c3)C2)c2c(N)nc(C)cn12. The second kappa shape index (κ2) is 7.59. The third-order valence-corrected chi connectivity index (χ3v) is 5.20. The highest BCUT2D eigenvalue weighted by Crippen LogP contribution is 2.36. The summed E-state index contributed by atoms with van der Waals surface area (Å²) >= 11 is 0. The Morgan fingerprint density at radius 2 is 2.26 bits per heavy atom. The third kappa shape index (κ3) is 3.79. The zero-order chi connectivity index (χ0) is 24.8. The normalized spacial score (nSPS) is 21.2. The molecule has 0 fully saturated rings. The predicted octanol–water partition coefficient (Wildman–Crippen LogP) is 2.49. The largest absolute Gasteiger partial charge is 0.382 e. The molecule has 31 heavy (non-hydrogen) atoms. The number of halogens is 1. The fraction of sp³-hybridized carbons (Fsp3) is 0.273. The molecule has 4 rings (SSSR count). The van der Waals surface area contributed by atoms with Gasteiger partial charge in [0.15, 0.2) is 6.10 Å². The van der Waals surface area contributed by atoms with Crippen molar-refractivity contribution in [3.05, 3.63) is 71.3 Å². The number of nitrogens with zero attached hydrogens (tertiary/aromatic N) is 4. The quantitative estimate of drug-likeness (QED) is 0.596. The van der Waals surface area contributed by atoms with Crippen LogP contribution in [0.2, 0.25) is 0 Å². The Morgan fingerprint density at radius 3 is 3.00 bits per heavy atom. The van der Waals surface area contributed by atoms with Gasteiger partial charge in [0.05, 0.1) is 11.4 Å². The Hall–Kier alpha value is -3.59. The number of nitrogens with one attached hydrogen (secondary N) is 1. The summed E-state index contributed by atoms with van der Waals surface area (Å²) in [6.07, 6.45) is 3.29. The van der Waals surface area contributed by atoms with Gasteiger partial charge in [0.2, 0.25) is 0 Å². The van der Waals surface area contributed by atoms with Crippen LogP contribution >= 0.6 is 0 Å². The summed E-state index contributed by atoms with van der Waals surface area (Å²) in [7, 11) is 0. The number of aliphatic imine (C=N–C) groups is 1. The lowest BCUT2D eigenvalue weighted by Gasteiger charge is -2.28. The van der Waals surface area contributed by atoms with Gasteiger partial charge in [0.1, 0.15) is 28.8 Å². The van der Waals surface area contributed by atoms with E-state index in [0.29, 0.717) is 16.9 Å². The van der Waals surface area contributed by atoms with Crippen molar-refractivity contribution in [2.24, 2.45) is 4.99 Å². The number of anilines is 1. The summed E-state index contributed by atoms with van der Waals surface area (Å²) in [5, 5.41) is 12.9. The predicted molar refractivity (Wildman–Crippen MR) is 115 cm³/mol. The monoisotopic (exact) mass is 425 g/mol. The van der Waals surface area contributed by atoms with Gasteiger partial charge >= 0.3 is 0 Å². The van der Waals surface area contributed by atoms with Crippen molar-refractivity contribution in [3.63, 3.8) is 0 Å². The number of hydrogen-bond acceptors (Lipinski definition) is 6. The number of aliphatic hydroxyl groups excluding tert-OH is 1. The molecular formula is C22H23FN6O2. The minimum atomic E-state index is -2.50. The molecule has 3 aromatic rings. The second-order valence-corrected chi connectivity index (χ2v) is 7.70. The van der Waals surface area contributed by atoms with E-state index < -0.39 is 30.1 Å². The Bertz CT molecular complexity index is 1350. The summed E-state index contributed by atoms with van der Waals surface area (Å²) in [6, 6.07) is 5.11.